The summed E-state index contributed by atoms with van der Waals surface area (Å²) in [5, 5.41) is 9.92. The smallest absolute Gasteiger partial charge is 0.246 e. The molecule has 3 heteroatoms. The van der Waals surface area contributed by atoms with Gasteiger partial charge in [0.25, 0.3) is 0 Å². The molecule has 3 nitrogen and oxygen atoms in total. The van der Waals surface area contributed by atoms with Crippen molar-refractivity contribution in [1.82, 2.24) is 0 Å². The van der Waals surface area contributed by atoms with E-state index >= 15 is 0 Å². The maximum atomic E-state index is 9.05. The second-order valence-corrected chi connectivity index (χ2v) is 5.53. The number of rotatable bonds is 3. The fourth-order valence-corrected chi connectivity index (χ4v) is 1.70. The Labute approximate surface area is 107 Å². The molecule has 0 radical (unpaired) electrons. The summed E-state index contributed by atoms with van der Waals surface area (Å²) in [6.07, 6.45) is 0.928. The highest BCUT2D eigenvalue weighted by molar-refractivity contribution is 5.86. The van der Waals surface area contributed by atoms with E-state index in [1.165, 1.54) is 0 Å². The first-order chi connectivity index (χ1) is 8.51. The Hall–Kier alpha value is -1.95. The maximum absolute atomic E-state index is 9.05. The number of para-hydroxylation sites is 1. The zero-order valence-electron chi connectivity index (χ0n) is 11.0. The van der Waals surface area contributed by atoms with E-state index in [2.05, 4.69) is 20.8 Å². The zero-order chi connectivity index (χ0) is 13.2. The minimum atomic E-state index is 0.215. The van der Waals surface area contributed by atoms with Crippen molar-refractivity contribution in [2.75, 3.05) is 6.61 Å². The van der Waals surface area contributed by atoms with Gasteiger partial charge >= 0.3 is 0 Å². The quantitative estimate of drug-likeness (QED) is 0.814. The number of nitrogens with zero attached hydrogens (tertiary/aromatic N) is 1. The van der Waals surface area contributed by atoms with Gasteiger partial charge in [-0.2, -0.15) is 5.26 Å². The third-order valence-electron chi connectivity index (χ3n) is 2.75. The summed E-state index contributed by atoms with van der Waals surface area (Å²) in [5.41, 5.74) is 0.909. The Balaban J connectivity index is 2.24. The molecule has 18 heavy (non-hydrogen) atoms. The molecule has 1 aromatic carbocycles. The minimum Gasteiger partial charge on any atom is -0.488 e. The van der Waals surface area contributed by atoms with Gasteiger partial charge in [0.1, 0.15) is 11.7 Å². The molecule has 0 amide bonds. The van der Waals surface area contributed by atoms with Crippen molar-refractivity contribution in [2.45, 2.75) is 27.2 Å². The van der Waals surface area contributed by atoms with Gasteiger partial charge in [-0.1, -0.05) is 32.9 Å². The Morgan fingerprint density at radius 2 is 2.00 bits per heavy atom. The summed E-state index contributed by atoms with van der Waals surface area (Å²) in [7, 11) is 0. The molecule has 0 N–H and O–H groups in total. The van der Waals surface area contributed by atoms with E-state index in [9.17, 15) is 0 Å². The van der Waals surface area contributed by atoms with E-state index < -0.39 is 0 Å². The average molecular weight is 243 g/mol. The van der Waals surface area contributed by atoms with Crippen molar-refractivity contribution in [1.29, 1.82) is 5.26 Å². The van der Waals surface area contributed by atoms with Crippen LogP contribution in [0.1, 0.15) is 33.0 Å². The van der Waals surface area contributed by atoms with Gasteiger partial charge in [-0.05, 0) is 24.0 Å². The molecule has 0 saturated carbocycles. The largest absolute Gasteiger partial charge is 0.488 e. The second-order valence-electron chi connectivity index (χ2n) is 5.53. The Bertz CT molecular complexity index is 585. The standard InChI is InChI=1S/C15H17NO2/c1-15(2,3)8-9-17-14-11-6-4-5-7-12(11)18-13(14)10-16/h4-7H,8-9H2,1-3H3. The topological polar surface area (TPSA) is 46.2 Å². The molecule has 0 unspecified atom stereocenters. The van der Waals surface area contributed by atoms with Crippen LogP contribution in [0.15, 0.2) is 28.7 Å². The van der Waals surface area contributed by atoms with Gasteiger partial charge in [-0.3, -0.25) is 0 Å². The Morgan fingerprint density at radius 3 is 2.67 bits per heavy atom. The van der Waals surface area contributed by atoms with E-state index in [1.807, 2.05) is 30.3 Å². The van der Waals surface area contributed by atoms with Crippen LogP contribution in [0.4, 0.5) is 0 Å². The van der Waals surface area contributed by atoms with E-state index in [0.717, 1.165) is 11.8 Å². The van der Waals surface area contributed by atoms with Crippen LogP contribution in [-0.2, 0) is 0 Å². The molecule has 0 atom stereocenters. The lowest BCUT2D eigenvalue weighted by Gasteiger charge is -2.17. The minimum absolute atomic E-state index is 0.215. The molecule has 0 spiro atoms. The zero-order valence-corrected chi connectivity index (χ0v) is 11.0. The van der Waals surface area contributed by atoms with E-state index in [0.29, 0.717) is 17.9 Å². The Kier molecular flexibility index (Phi) is 3.29. The maximum Gasteiger partial charge on any atom is 0.246 e. The molecule has 0 aliphatic carbocycles. The van der Waals surface area contributed by atoms with E-state index in [1.54, 1.807) is 0 Å². The summed E-state index contributed by atoms with van der Waals surface area (Å²) in [4.78, 5) is 0. The predicted molar refractivity (Wildman–Crippen MR) is 70.5 cm³/mol. The molecular weight excluding hydrogens is 226 g/mol. The molecule has 0 aliphatic heterocycles. The number of fused-ring (bicyclic) bond motifs is 1. The third kappa shape index (κ3) is 2.65. The molecule has 2 rings (SSSR count). The highest BCUT2D eigenvalue weighted by atomic mass is 16.5. The van der Waals surface area contributed by atoms with Crippen molar-refractivity contribution in [3.8, 4) is 11.8 Å². The van der Waals surface area contributed by atoms with Crippen LogP contribution < -0.4 is 4.74 Å². The van der Waals surface area contributed by atoms with Gasteiger partial charge in [0.05, 0.1) is 12.0 Å². The number of furan rings is 1. The Morgan fingerprint density at radius 1 is 1.28 bits per heavy atom. The average Bonchev–Trinajstić information content (AvgIpc) is 2.66. The molecular formula is C15H17NO2. The highest BCUT2D eigenvalue weighted by Crippen LogP contribution is 2.33. The molecule has 0 fully saturated rings. The number of hydrogen-bond acceptors (Lipinski definition) is 3. The van der Waals surface area contributed by atoms with Gasteiger partial charge in [-0.15, -0.1) is 0 Å². The van der Waals surface area contributed by atoms with Crippen LogP contribution in [-0.4, -0.2) is 6.61 Å². The predicted octanol–water partition coefficient (Wildman–Crippen LogP) is 4.12. The normalized spacial score (nSPS) is 11.4. The van der Waals surface area contributed by atoms with Gasteiger partial charge in [0, 0.05) is 0 Å². The first kappa shape index (κ1) is 12.5. The van der Waals surface area contributed by atoms with Crippen LogP contribution in [0.3, 0.4) is 0 Å². The number of ether oxygens (including phenoxy) is 1. The van der Waals surface area contributed by atoms with E-state index in [4.69, 9.17) is 14.4 Å². The van der Waals surface area contributed by atoms with Crippen LogP contribution in [0.2, 0.25) is 0 Å². The van der Waals surface area contributed by atoms with Crippen LogP contribution >= 0.6 is 0 Å². The molecule has 94 valence electrons. The molecule has 2 aromatic rings. The third-order valence-corrected chi connectivity index (χ3v) is 2.75. The lowest BCUT2D eigenvalue weighted by atomic mass is 9.93. The lowest BCUT2D eigenvalue weighted by Crippen LogP contribution is -2.11. The molecule has 0 bridgehead atoms. The van der Waals surface area contributed by atoms with Gasteiger partial charge in [0.15, 0.2) is 5.75 Å². The van der Waals surface area contributed by atoms with Gasteiger partial charge in [-0.25, -0.2) is 0 Å². The van der Waals surface area contributed by atoms with Crippen molar-refractivity contribution >= 4 is 11.0 Å². The van der Waals surface area contributed by atoms with Crippen LogP contribution in [0.25, 0.3) is 11.0 Å². The number of hydrogen-bond donors (Lipinski definition) is 0. The highest BCUT2D eigenvalue weighted by Gasteiger charge is 2.16. The van der Waals surface area contributed by atoms with Crippen molar-refractivity contribution in [3.05, 3.63) is 30.0 Å². The summed E-state index contributed by atoms with van der Waals surface area (Å²) in [5.74, 6) is 0.822. The fraction of sp³-hybridized carbons (Fsp3) is 0.400. The summed E-state index contributed by atoms with van der Waals surface area (Å²) in [6, 6.07) is 9.58. The molecule has 1 heterocycles. The van der Waals surface area contributed by atoms with Gasteiger partial charge in [0.2, 0.25) is 5.76 Å². The first-order valence-electron chi connectivity index (χ1n) is 6.06. The summed E-state index contributed by atoms with van der Waals surface area (Å²) in [6.45, 7) is 7.07. The first-order valence-corrected chi connectivity index (χ1v) is 6.06. The van der Waals surface area contributed by atoms with Crippen molar-refractivity contribution in [2.24, 2.45) is 5.41 Å². The monoisotopic (exact) mass is 243 g/mol. The van der Waals surface area contributed by atoms with E-state index in [-0.39, 0.29) is 11.2 Å². The molecule has 0 saturated heterocycles. The molecule has 0 aliphatic rings. The van der Waals surface area contributed by atoms with Crippen molar-refractivity contribution in [3.63, 3.8) is 0 Å². The van der Waals surface area contributed by atoms with Gasteiger partial charge < -0.3 is 9.15 Å². The van der Waals surface area contributed by atoms with Crippen LogP contribution in [0.5, 0.6) is 5.75 Å². The number of nitriles is 1. The van der Waals surface area contributed by atoms with Crippen molar-refractivity contribution < 1.29 is 9.15 Å². The summed E-state index contributed by atoms with van der Waals surface area (Å²) >= 11 is 0. The fourth-order valence-electron chi connectivity index (χ4n) is 1.70. The van der Waals surface area contributed by atoms with Crippen LogP contribution in [0, 0.1) is 16.7 Å². The SMILES string of the molecule is CC(C)(C)CCOc1c(C#N)oc2ccccc12. The number of benzene rings is 1. The molecule has 1 aromatic heterocycles. The lowest BCUT2D eigenvalue weighted by molar-refractivity contribution is 0.242. The summed E-state index contributed by atoms with van der Waals surface area (Å²) < 4.78 is 11.2. The second kappa shape index (κ2) is 4.73.